The SMILES string of the molecule is Cc1ccc2c(c1)OC1c3ccccc3C(C)(C)CC1N2. The van der Waals surface area contributed by atoms with Crippen molar-refractivity contribution in [3.8, 4) is 5.75 Å². The van der Waals surface area contributed by atoms with Crippen LogP contribution >= 0.6 is 0 Å². The van der Waals surface area contributed by atoms with Crippen LogP contribution in [-0.2, 0) is 5.41 Å². The monoisotopic (exact) mass is 279 g/mol. The zero-order chi connectivity index (χ0) is 14.6. The van der Waals surface area contributed by atoms with E-state index in [2.05, 4.69) is 68.6 Å². The summed E-state index contributed by atoms with van der Waals surface area (Å²) in [4.78, 5) is 0. The maximum atomic E-state index is 6.37. The molecule has 21 heavy (non-hydrogen) atoms. The normalized spacial score (nSPS) is 24.9. The third-order valence-electron chi connectivity index (χ3n) is 4.82. The molecule has 0 saturated carbocycles. The van der Waals surface area contributed by atoms with Gasteiger partial charge in [-0.1, -0.05) is 44.2 Å². The third kappa shape index (κ3) is 1.93. The van der Waals surface area contributed by atoms with E-state index in [1.54, 1.807) is 0 Å². The molecule has 0 radical (unpaired) electrons. The number of anilines is 1. The molecule has 108 valence electrons. The number of nitrogens with one attached hydrogen (secondary N) is 1. The molecule has 0 amide bonds. The van der Waals surface area contributed by atoms with E-state index < -0.39 is 0 Å². The summed E-state index contributed by atoms with van der Waals surface area (Å²) < 4.78 is 6.37. The molecule has 0 aromatic heterocycles. The molecule has 0 bridgehead atoms. The largest absolute Gasteiger partial charge is 0.481 e. The van der Waals surface area contributed by atoms with Gasteiger partial charge in [-0.2, -0.15) is 0 Å². The van der Waals surface area contributed by atoms with Crippen LogP contribution in [0.25, 0.3) is 0 Å². The van der Waals surface area contributed by atoms with Crippen LogP contribution in [0, 0.1) is 6.92 Å². The summed E-state index contributed by atoms with van der Waals surface area (Å²) in [5.74, 6) is 0.978. The van der Waals surface area contributed by atoms with Crippen molar-refractivity contribution in [3.63, 3.8) is 0 Å². The van der Waals surface area contributed by atoms with E-state index in [1.807, 2.05) is 0 Å². The first-order valence-electron chi connectivity index (χ1n) is 7.68. The standard InChI is InChI=1S/C19H21NO/c1-12-8-9-15-17(10-12)21-18-13-6-4-5-7-14(13)19(2,3)11-16(18)20-15/h4-10,16,18,20H,11H2,1-3H3. The lowest BCUT2D eigenvalue weighted by Crippen LogP contribution is -2.44. The van der Waals surface area contributed by atoms with Gasteiger partial charge in [-0.15, -0.1) is 0 Å². The third-order valence-corrected chi connectivity index (χ3v) is 4.82. The minimum Gasteiger partial charge on any atom is -0.481 e. The fourth-order valence-electron chi connectivity index (χ4n) is 3.80. The second-order valence-electron chi connectivity index (χ2n) is 6.96. The van der Waals surface area contributed by atoms with Crippen molar-refractivity contribution < 1.29 is 4.74 Å². The summed E-state index contributed by atoms with van der Waals surface area (Å²) in [6.45, 7) is 6.76. The van der Waals surface area contributed by atoms with Crippen molar-refractivity contribution in [2.24, 2.45) is 0 Å². The predicted octanol–water partition coefficient (Wildman–Crippen LogP) is 4.59. The second-order valence-corrected chi connectivity index (χ2v) is 6.96. The molecule has 2 unspecified atom stereocenters. The molecule has 1 heterocycles. The van der Waals surface area contributed by atoms with Gasteiger partial charge < -0.3 is 10.1 Å². The minimum atomic E-state index is 0.114. The van der Waals surface area contributed by atoms with Crippen LogP contribution in [0.2, 0.25) is 0 Å². The Kier molecular flexibility index (Phi) is 2.59. The number of fused-ring (bicyclic) bond motifs is 4. The van der Waals surface area contributed by atoms with Gasteiger partial charge in [0, 0.05) is 0 Å². The number of benzene rings is 2. The Labute approximate surface area is 126 Å². The van der Waals surface area contributed by atoms with Crippen molar-refractivity contribution in [1.29, 1.82) is 0 Å². The van der Waals surface area contributed by atoms with Gasteiger partial charge >= 0.3 is 0 Å². The summed E-state index contributed by atoms with van der Waals surface area (Å²) in [6.07, 6.45) is 1.20. The highest BCUT2D eigenvalue weighted by Gasteiger charge is 2.42. The molecule has 2 aliphatic rings. The number of hydrogen-bond donors (Lipinski definition) is 1. The van der Waals surface area contributed by atoms with Crippen LogP contribution < -0.4 is 10.1 Å². The van der Waals surface area contributed by atoms with Crippen molar-refractivity contribution >= 4 is 5.69 Å². The number of ether oxygens (including phenoxy) is 1. The number of hydrogen-bond acceptors (Lipinski definition) is 2. The summed E-state index contributed by atoms with van der Waals surface area (Å²) in [7, 11) is 0. The lowest BCUT2D eigenvalue weighted by molar-refractivity contribution is 0.138. The summed E-state index contributed by atoms with van der Waals surface area (Å²) >= 11 is 0. The predicted molar refractivity (Wildman–Crippen MR) is 86.0 cm³/mol. The van der Waals surface area contributed by atoms with Crippen LogP contribution in [0.4, 0.5) is 5.69 Å². The second kappa shape index (κ2) is 4.27. The Balaban J connectivity index is 1.82. The molecule has 0 spiro atoms. The molecule has 0 saturated heterocycles. The van der Waals surface area contributed by atoms with E-state index >= 15 is 0 Å². The number of rotatable bonds is 0. The topological polar surface area (TPSA) is 21.3 Å². The molecular weight excluding hydrogens is 258 g/mol. The Hall–Kier alpha value is -1.96. The van der Waals surface area contributed by atoms with Crippen LogP contribution in [0.3, 0.4) is 0 Å². The molecule has 1 aliphatic heterocycles. The average Bonchev–Trinajstić information content (AvgIpc) is 2.46. The lowest BCUT2D eigenvalue weighted by Gasteiger charge is -2.45. The van der Waals surface area contributed by atoms with Gasteiger partial charge in [0.1, 0.15) is 11.9 Å². The van der Waals surface area contributed by atoms with E-state index in [1.165, 1.54) is 16.7 Å². The molecular formula is C19H21NO. The van der Waals surface area contributed by atoms with Crippen LogP contribution in [-0.4, -0.2) is 6.04 Å². The Morgan fingerprint density at radius 1 is 1.14 bits per heavy atom. The minimum absolute atomic E-state index is 0.114. The molecule has 2 heteroatoms. The fourth-order valence-corrected chi connectivity index (χ4v) is 3.80. The molecule has 2 aromatic rings. The summed E-state index contributed by atoms with van der Waals surface area (Å²) in [6, 6.07) is 15.5. The highest BCUT2D eigenvalue weighted by atomic mass is 16.5. The Morgan fingerprint density at radius 3 is 2.81 bits per heavy atom. The number of aryl methyl sites for hydroxylation is 1. The Morgan fingerprint density at radius 2 is 1.95 bits per heavy atom. The first kappa shape index (κ1) is 12.8. The molecule has 4 rings (SSSR count). The van der Waals surface area contributed by atoms with Crippen LogP contribution in [0.5, 0.6) is 5.75 Å². The van der Waals surface area contributed by atoms with E-state index in [4.69, 9.17) is 4.74 Å². The summed E-state index contributed by atoms with van der Waals surface area (Å²) in [5, 5.41) is 3.70. The molecule has 0 fully saturated rings. The first-order valence-corrected chi connectivity index (χ1v) is 7.68. The van der Waals surface area contributed by atoms with Crippen molar-refractivity contribution in [2.45, 2.75) is 44.8 Å². The van der Waals surface area contributed by atoms with Gasteiger partial charge in [-0.25, -0.2) is 0 Å². The van der Waals surface area contributed by atoms with Crippen LogP contribution in [0.15, 0.2) is 42.5 Å². The van der Waals surface area contributed by atoms with E-state index in [9.17, 15) is 0 Å². The van der Waals surface area contributed by atoms with Gasteiger partial charge in [-0.3, -0.25) is 0 Å². The molecule has 2 atom stereocenters. The highest BCUT2D eigenvalue weighted by Crippen LogP contribution is 2.48. The van der Waals surface area contributed by atoms with Crippen LogP contribution in [0.1, 0.15) is 43.1 Å². The van der Waals surface area contributed by atoms with Gasteiger partial charge in [0.25, 0.3) is 0 Å². The van der Waals surface area contributed by atoms with E-state index in [0.717, 1.165) is 17.9 Å². The maximum Gasteiger partial charge on any atom is 0.144 e. The van der Waals surface area contributed by atoms with E-state index in [0.29, 0.717) is 6.04 Å². The Bertz CT molecular complexity index is 704. The average molecular weight is 279 g/mol. The van der Waals surface area contributed by atoms with Crippen molar-refractivity contribution in [2.75, 3.05) is 5.32 Å². The smallest absolute Gasteiger partial charge is 0.144 e. The zero-order valence-electron chi connectivity index (χ0n) is 12.8. The molecule has 1 aliphatic carbocycles. The van der Waals surface area contributed by atoms with Gasteiger partial charge in [0.05, 0.1) is 11.7 Å². The zero-order valence-corrected chi connectivity index (χ0v) is 12.8. The van der Waals surface area contributed by atoms with Gasteiger partial charge in [-0.05, 0) is 47.6 Å². The highest BCUT2D eigenvalue weighted by molar-refractivity contribution is 5.61. The van der Waals surface area contributed by atoms with Crippen molar-refractivity contribution in [1.82, 2.24) is 0 Å². The maximum absolute atomic E-state index is 6.37. The lowest BCUT2D eigenvalue weighted by atomic mass is 9.69. The van der Waals surface area contributed by atoms with E-state index in [-0.39, 0.29) is 11.5 Å². The van der Waals surface area contributed by atoms with Gasteiger partial charge in [0.2, 0.25) is 0 Å². The molecule has 2 nitrogen and oxygen atoms in total. The first-order chi connectivity index (χ1) is 10.0. The molecule has 2 aromatic carbocycles. The summed E-state index contributed by atoms with van der Waals surface area (Å²) in [5.41, 5.74) is 5.29. The van der Waals surface area contributed by atoms with Gasteiger partial charge in [0.15, 0.2) is 0 Å². The molecule has 1 N–H and O–H groups in total. The quantitative estimate of drug-likeness (QED) is 0.761. The van der Waals surface area contributed by atoms with Crippen molar-refractivity contribution in [3.05, 3.63) is 59.2 Å². The fraction of sp³-hybridized carbons (Fsp3) is 0.368.